The van der Waals surface area contributed by atoms with E-state index < -0.39 is 10.2 Å². The molecule has 0 aliphatic carbocycles. The monoisotopic (exact) mass is 370 g/mol. The molecule has 1 aliphatic rings. The number of nitrogens with zero attached hydrogens (tertiary/aromatic N) is 1. The fourth-order valence-electron chi connectivity index (χ4n) is 3.31. The molecule has 0 radical (unpaired) electrons. The SMILES string of the molecule is COc1ccc(CCC2CCCCN2S(=O)(=O)NC(C)C)cc1OC. The van der Waals surface area contributed by atoms with E-state index >= 15 is 0 Å². The fraction of sp³-hybridized carbons (Fsp3) is 0.667. The van der Waals surface area contributed by atoms with Crippen molar-refractivity contribution < 1.29 is 17.9 Å². The van der Waals surface area contributed by atoms with E-state index in [-0.39, 0.29) is 12.1 Å². The molecule has 1 aromatic carbocycles. The minimum atomic E-state index is -3.42. The minimum Gasteiger partial charge on any atom is -0.493 e. The Hall–Kier alpha value is -1.31. The molecule has 1 saturated heterocycles. The van der Waals surface area contributed by atoms with Crippen LogP contribution in [0.3, 0.4) is 0 Å². The second-order valence-corrected chi connectivity index (χ2v) is 8.42. The highest BCUT2D eigenvalue weighted by molar-refractivity contribution is 7.87. The molecule has 1 fully saturated rings. The van der Waals surface area contributed by atoms with Crippen LogP contribution in [0.25, 0.3) is 0 Å². The lowest BCUT2D eigenvalue weighted by molar-refractivity contribution is 0.237. The molecule has 25 heavy (non-hydrogen) atoms. The number of hydrogen-bond acceptors (Lipinski definition) is 4. The Bertz CT molecular complexity index is 661. The van der Waals surface area contributed by atoms with E-state index in [0.717, 1.165) is 37.7 Å². The maximum Gasteiger partial charge on any atom is 0.279 e. The van der Waals surface area contributed by atoms with Gasteiger partial charge >= 0.3 is 0 Å². The summed E-state index contributed by atoms with van der Waals surface area (Å²) in [4.78, 5) is 0. The summed E-state index contributed by atoms with van der Waals surface area (Å²) in [6, 6.07) is 5.81. The van der Waals surface area contributed by atoms with Gasteiger partial charge in [0.1, 0.15) is 0 Å². The zero-order valence-electron chi connectivity index (χ0n) is 15.6. The first-order valence-electron chi connectivity index (χ1n) is 8.87. The Balaban J connectivity index is 2.07. The van der Waals surface area contributed by atoms with Crippen LogP contribution in [0.1, 0.15) is 45.1 Å². The van der Waals surface area contributed by atoms with Crippen LogP contribution in [0.4, 0.5) is 0 Å². The van der Waals surface area contributed by atoms with Crippen LogP contribution in [0, 0.1) is 0 Å². The van der Waals surface area contributed by atoms with E-state index in [1.54, 1.807) is 18.5 Å². The van der Waals surface area contributed by atoms with Crippen LogP contribution in [-0.4, -0.2) is 45.6 Å². The number of rotatable bonds is 8. The number of hydrogen-bond donors (Lipinski definition) is 1. The third kappa shape index (κ3) is 5.33. The fourth-order valence-corrected chi connectivity index (χ4v) is 5.02. The molecule has 1 N–H and O–H groups in total. The van der Waals surface area contributed by atoms with E-state index in [1.165, 1.54) is 0 Å². The topological polar surface area (TPSA) is 67.9 Å². The van der Waals surface area contributed by atoms with Crippen molar-refractivity contribution >= 4 is 10.2 Å². The second kappa shape index (κ2) is 8.87. The van der Waals surface area contributed by atoms with Crippen LogP contribution in [0.15, 0.2) is 18.2 Å². The van der Waals surface area contributed by atoms with Gasteiger partial charge in [-0.05, 0) is 57.2 Å². The predicted octanol–water partition coefficient (Wildman–Crippen LogP) is 2.73. The summed E-state index contributed by atoms with van der Waals surface area (Å²) in [5.41, 5.74) is 1.12. The molecule has 0 aromatic heterocycles. The van der Waals surface area contributed by atoms with Crippen LogP contribution in [0.2, 0.25) is 0 Å². The maximum atomic E-state index is 12.6. The van der Waals surface area contributed by atoms with E-state index in [2.05, 4.69) is 4.72 Å². The third-order valence-electron chi connectivity index (χ3n) is 4.48. The van der Waals surface area contributed by atoms with Gasteiger partial charge in [-0.1, -0.05) is 12.5 Å². The number of ether oxygens (including phenoxy) is 2. The summed E-state index contributed by atoms with van der Waals surface area (Å²) in [5.74, 6) is 1.41. The molecule has 1 atom stereocenters. The van der Waals surface area contributed by atoms with Gasteiger partial charge in [0.25, 0.3) is 10.2 Å². The van der Waals surface area contributed by atoms with Gasteiger partial charge in [0.15, 0.2) is 11.5 Å². The number of methoxy groups -OCH3 is 2. The van der Waals surface area contributed by atoms with Gasteiger partial charge in [-0.3, -0.25) is 0 Å². The van der Waals surface area contributed by atoms with Crippen molar-refractivity contribution in [3.8, 4) is 11.5 Å². The average molecular weight is 371 g/mol. The summed E-state index contributed by atoms with van der Waals surface area (Å²) in [6.07, 6.45) is 4.51. The summed E-state index contributed by atoms with van der Waals surface area (Å²) < 4.78 is 40.1. The van der Waals surface area contributed by atoms with Gasteiger partial charge < -0.3 is 9.47 Å². The minimum absolute atomic E-state index is 0.0399. The third-order valence-corrected chi connectivity index (χ3v) is 6.35. The second-order valence-electron chi connectivity index (χ2n) is 6.77. The number of aryl methyl sites for hydroxylation is 1. The van der Waals surface area contributed by atoms with Crippen molar-refractivity contribution in [1.82, 2.24) is 9.03 Å². The molecular formula is C18H30N2O4S. The normalized spacial score (nSPS) is 19.2. The summed E-state index contributed by atoms with van der Waals surface area (Å²) in [7, 11) is -0.186. The largest absolute Gasteiger partial charge is 0.493 e. The molecule has 2 rings (SSSR count). The van der Waals surface area contributed by atoms with Gasteiger partial charge in [-0.15, -0.1) is 0 Å². The molecule has 142 valence electrons. The van der Waals surface area contributed by atoms with Crippen LogP contribution >= 0.6 is 0 Å². The average Bonchev–Trinajstić information content (AvgIpc) is 2.58. The van der Waals surface area contributed by atoms with Crippen molar-refractivity contribution in [2.75, 3.05) is 20.8 Å². The van der Waals surface area contributed by atoms with Gasteiger partial charge in [0.05, 0.1) is 14.2 Å². The van der Waals surface area contributed by atoms with Crippen LogP contribution in [0.5, 0.6) is 11.5 Å². The first kappa shape index (κ1) is 20.0. The highest BCUT2D eigenvalue weighted by Crippen LogP contribution is 2.29. The first-order valence-corrected chi connectivity index (χ1v) is 10.3. The molecule has 0 bridgehead atoms. The van der Waals surface area contributed by atoms with Crippen molar-refractivity contribution in [3.63, 3.8) is 0 Å². The first-order chi connectivity index (χ1) is 11.9. The molecular weight excluding hydrogens is 340 g/mol. The lowest BCUT2D eigenvalue weighted by atomic mass is 9.98. The van der Waals surface area contributed by atoms with Crippen molar-refractivity contribution in [3.05, 3.63) is 23.8 Å². The molecule has 0 amide bonds. The number of benzene rings is 1. The standard InChI is InChI=1S/C18H30N2O4S/c1-14(2)19-25(21,22)20-12-6-5-7-16(20)10-8-15-9-11-17(23-3)18(13-15)24-4/h9,11,13-14,16,19H,5-8,10,12H2,1-4H3. The van der Waals surface area contributed by atoms with E-state index in [1.807, 2.05) is 32.0 Å². The molecule has 1 unspecified atom stereocenters. The Labute approximate surface area is 151 Å². The molecule has 7 heteroatoms. The Morgan fingerprint density at radius 3 is 2.56 bits per heavy atom. The number of piperidine rings is 1. The quantitative estimate of drug-likeness (QED) is 0.764. The van der Waals surface area contributed by atoms with Crippen molar-refractivity contribution in [2.45, 2.75) is 58.0 Å². The Morgan fingerprint density at radius 2 is 1.92 bits per heavy atom. The number of nitrogens with one attached hydrogen (secondary N) is 1. The van der Waals surface area contributed by atoms with Crippen LogP contribution < -0.4 is 14.2 Å². The molecule has 0 saturated carbocycles. The molecule has 1 aliphatic heterocycles. The Kier molecular flexibility index (Phi) is 7.10. The highest BCUT2D eigenvalue weighted by atomic mass is 32.2. The summed E-state index contributed by atoms with van der Waals surface area (Å²) >= 11 is 0. The molecule has 0 spiro atoms. The Morgan fingerprint density at radius 1 is 1.20 bits per heavy atom. The van der Waals surface area contributed by atoms with Gasteiger partial charge in [0.2, 0.25) is 0 Å². The lowest BCUT2D eigenvalue weighted by Crippen LogP contribution is -2.50. The van der Waals surface area contributed by atoms with Crippen molar-refractivity contribution in [1.29, 1.82) is 0 Å². The molecule has 6 nitrogen and oxygen atoms in total. The van der Waals surface area contributed by atoms with Crippen molar-refractivity contribution in [2.24, 2.45) is 0 Å². The molecule has 1 heterocycles. The molecule has 1 aromatic rings. The van der Waals surface area contributed by atoms with Crippen LogP contribution in [-0.2, 0) is 16.6 Å². The van der Waals surface area contributed by atoms with E-state index in [9.17, 15) is 8.42 Å². The smallest absolute Gasteiger partial charge is 0.279 e. The zero-order valence-corrected chi connectivity index (χ0v) is 16.4. The summed E-state index contributed by atoms with van der Waals surface area (Å²) in [5, 5.41) is 0. The van der Waals surface area contributed by atoms with Gasteiger partial charge in [-0.2, -0.15) is 17.4 Å². The van der Waals surface area contributed by atoms with E-state index in [4.69, 9.17) is 9.47 Å². The van der Waals surface area contributed by atoms with Gasteiger partial charge in [0, 0.05) is 18.6 Å². The van der Waals surface area contributed by atoms with Gasteiger partial charge in [-0.25, -0.2) is 0 Å². The lowest BCUT2D eigenvalue weighted by Gasteiger charge is -2.35. The maximum absolute atomic E-state index is 12.6. The highest BCUT2D eigenvalue weighted by Gasteiger charge is 2.32. The predicted molar refractivity (Wildman–Crippen MR) is 99.4 cm³/mol. The zero-order chi connectivity index (χ0) is 18.4. The summed E-state index contributed by atoms with van der Waals surface area (Å²) in [6.45, 7) is 4.29. The van der Waals surface area contributed by atoms with E-state index in [0.29, 0.717) is 18.0 Å².